The zero-order valence-corrected chi connectivity index (χ0v) is 17.3. The molecule has 3 rings (SSSR count). The van der Waals surface area contributed by atoms with Crippen LogP contribution >= 0.6 is 0 Å². The predicted octanol–water partition coefficient (Wildman–Crippen LogP) is 1.40. The SMILES string of the molecule is CN(CC(=O)N(C)c1c(N)n(Cc2ccccc2)c(=O)[nH]c1=O)Cc1ccccc1F. The quantitative estimate of drug-likeness (QED) is 0.596. The number of hydrogen-bond donors (Lipinski definition) is 2. The minimum atomic E-state index is -0.751. The Kier molecular flexibility index (Phi) is 6.66. The van der Waals surface area contributed by atoms with Crippen molar-refractivity contribution < 1.29 is 9.18 Å². The molecule has 0 unspecified atom stereocenters. The molecule has 8 nitrogen and oxygen atoms in total. The number of aromatic amines is 1. The van der Waals surface area contributed by atoms with E-state index in [1.54, 1.807) is 30.1 Å². The zero-order valence-electron chi connectivity index (χ0n) is 17.3. The van der Waals surface area contributed by atoms with E-state index in [1.807, 2.05) is 30.3 Å². The average Bonchev–Trinajstić information content (AvgIpc) is 2.73. The molecule has 1 heterocycles. The van der Waals surface area contributed by atoms with Crippen molar-refractivity contribution in [2.45, 2.75) is 13.1 Å². The molecule has 3 N–H and O–H groups in total. The molecule has 31 heavy (non-hydrogen) atoms. The van der Waals surface area contributed by atoms with Crippen LogP contribution in [-0.4, -0.2) is 41.0 Å². The van der Waals surface area contributed by atoms with Crippen LogP contribution < -0.4 is 21.9 Å². The first kappa shape index (κ1) is 22.0. The van der Waals surface area contributed by atoms with E-state index < -0.39 is 17.2 Å². The molecule has 0 fully saturated rings. The molecular weight excluding hydrogens is 401 g/mol. The van der Waals surface area contributed by atoms with Gasteiger partial charge in [-0.15, -0.1) is 0 Å². The van der Waals surface area contributed by atoms with Crippen LogP contribution in [0, 0.1) is 5.82 Å². The normalized spacial score (nSPS) is 11.0. The van der Waals surface area contributed by atoms with Gasteiger partial charge in [-0.25, -0.2) is 9.18 Å². The molecule has 1 aromatic heterocycles. The summed E-state index contributed by atoms with van der Waals surface area (Å²) in [5.41, 5.74) is 5.88. The smallest absolute Gasteiger partial charge is 0.330 e. The molecule has 2 aromatic carbocycles. The third kappa shape index (κ3) is 5.07. The summed E-state index contributed by atoms with van der Waals surface area (Å²) in [7, 11) is 3.08. The highest BCUT2D eigenvalue weighted by Crippen LogP contribution is 2.17. The Morgan fingerprint density at radius 2 is 1.71 bits per heavy atom. The third-order valence-corrected chi connectivity index (χ3v) is 4.91. The number of carbonyl (C=O) groups excluding carboxylic acids is 1. The van der Waals surface area contributed by atoms with Crippen LogP contribution in [0.3, 0.4) is 0 Å². The van der Waals surface area contributed by atoms with Crippen LogP contribution in [-0.2, 0) is 17.9 Å². The Bertz CT molecular complexity index is 1190. The van der Waals surface area contributed by atoms with E-state index in [0.29, 0.717) is 5.56 Å². The number of halogens is 1. The van der Waals surface area contributed by atoms with Gasteiger partial charge in [-0.2, -0.15) is 0 Å². The maximum Gasteiger partial charge on any atom is 0.330 e. The van der Waals surface area contributed by atoms with Gasteiger partial charge in [0.2, 0.25) is 5.91 Å². The van der Waals surface area contributed by atoms with Crippen molar-refractivity contribution in [3.8, 4) is 0 Å². The van der Waals surface area contributed by atoms with Gasteiger partial charge < -0.3 is 10.6 Å². The first-order chi connectivity index (χ1) is 14.8. The van der Waals surface area contributed by atoms with Gasteiger partial charge in [-0.05, 0) is 18.7 Å². The summed E-state index contributed by atoms with van der Waals surface area (Å²) in [5, 5.41) is 0. The summed E-state index contributed by atoms with van der Waals surface area (Å²) in [6.45, 7) is 0.275. The second kappa shape index (κ2) is 9.40. The maximum absolute atomic E-state index is 13.9. The topological polar surface area (TPSA) is 104 Å². The molecular formula is C22H24FN5O3. The number of likely N-dealkylation sites (N-methyl/N-ethyl adjacent to an activating group) is 2. The molecule has 0 saturated heterocycles. The molecule has 0 radical (unpaired) electrons. The van der Waals surface area contributed by atoms with Gasteiger partial charge in [-0.3, -0.25) is 24.0 Å². The van der Waals surface area contributed by atoms with Crippen molar-refractivity contribution in [3.63, 3.8) is 0 Å². The van der Waals surface area contributed by atoms with Crippen LogP contribution in [0.25, 0.3) is 0 Å². The Morgan fingerprint density at radius 1 is 1.06 bits per heavy atom. The minimum absolute atomic E-state index is 0.0818. The molecule has 0 bridgehead atoms. The maximum atomic E-state index is 13.9. The van der Waals surface area contributed by atoms with E-state index in [4.69, 9.17) is 5.73 Å². The fourth-order valence-electron chi connectivity index (χ4n) is 3.26. The highest BCUT2D eigenvalue weighted by Gasteiger charge is 2.22. The Balaban J connectivity index is 1.81. The number of aromatic nitrogens is 2. The van der Waals surface area contributed by atoms with Crippen molar-refractivity contribution in [1.29, 1.82) is 0 Å². The average molecular weight is 425 g/mol. The van der Waals surface area contributed by atoms with Crippen molar-refractivity contribution in [2.75, 3.05) is 31.3 Å². The third-order valence-electron chi connectivity index (χ3n) is 4.91. The second-order valence-electron chi connectivity index (χ2n) is 7.28. The summed E-state index contributed by atoms with van der Waals surface area (Å²) >= 11 is 0. The number of anilines is 2. The highest BCUT2D eigenvalue weighted by atomic mass is 19.1. The van der Waals surface area contributed by atoms with Crippen LogP contribution in [0.2, 0.25) is 0 Å². The van der Waals surface area contributed by atoms with Gasteiger partial charge in [-0.1, -0.05) is 48.5 Å². The van der Waals surface area contributed by atoms with E-state index >= 15 is 0 Å². The fraction of sp³-hybridized carbons (Fsp3) is 0.227. The lowest BCUT2D eigenvalue weighted by atomic mass is 10.2. The minimum Gasteiger partial charge on any atom is -0.383 e. The van der Waals surface area contributed by atoms with Crippen molar-refractivity contribution in [3.05, 3.63) is 92.4 Å². The summed E-state index contributed by atoms with van der Waals surface area (Å²) in [4.78, 5) is 42.5. The zero-order chi connectivity index (χ0) is 22.5. The van der Waals surface area contributed by atoms with Gasteiger partial charge in [0.1, 0.15) is 11.6 Å². The first-order valence-electron chi connectivity index (χ1n) is 9.63. The number of hydrogen-bond acceptors (Lipinski definition) is 5. The number of rotatable bonds is 7. The number of benzene rings is 2. The Hall–Kier alpha value is -3.72. The fourth-order valence-corrected chi connectivity index (χ4v) is 3.26. The molecule has 0 aliphatic carbocycles. The number of nitrogens with zero attached hydrogens (tertiary/aromatic N) is 3. The van der Waals surface area contributed by atoms with E-state index in [2.05, 4.69) is 4.98 Å². The molecule has 0 atom stereocenters. The van der Waals surface area contributed by atoms with Crippen LogP contribution in [0.4, 0.5) is 15.9 Å². The number of nitrogens with one attached hydrogen (secondary N) is 1. The summed E-state index contributed by atoms with van der Waals surface area (Å²) < 4.78 is 15.1. The lowest BCUT2D eigenvalue weighted by molar-refractivity contribution is -0.119. The molecule has 0 saturated carbocycles. The van der Waals surface area contributed by atoms with E-state index in [0.717, 1.165) is 10.5 Å². The summed E-state index contributed by atoms with van der Waals surface area (Å²) in [6, 6.07) is 15.4. The van der Waals surface area contributed by atoms with Crippen molar-refractivity contribution in [2.24, 2.45) is 0 Å². The molecule has 0 aliphatic heterocycles. The summed E-state index contributed by atoms with van der Waals surface area (Å²) in [6.07, 6.45) is 0. The van der Waals surface area contributed by atoms with Crippen LogP contribution in [0.15, 0.2) is 64.2 Å². The Morgan fingerprint density at radius 3 is 2.39 bits per heavy atom. The first-order valence-corrected chi connectivity index (χ1v) is 9.63. The van der Waals surface area contributed by atoms with Gasteiger partial charge in [0, 0.05) is 19.2 Å². The number of nitrogens with two attached hydrogens (primary N) is 1. The summed E-state index contributed by atoms with van der Waals surface area (Å²) in [5.74, 6) is -0.894. The van der Waals surface area contributed by atoms with E-state index in [-0.39, 0.29) is 37.0 Å². The highest BCUT2D eigenvalue weighted by molar-refractivity contribution is 5.96. The van der Waals surface area contributed by atoms with Crippen molar-refractivity contribution in [1.82, 2.24) is 14.5 Å². The molecule has 0 aliphatic rings. The lowest BCUT2D eigenvalue weighted by Gasteiger charge is -2.23. The van der Waals surface area contributed by atoms with E-state index in [1.165, 1.54) is 17.7 Å². The van der Waals surface area contributed by atoms with E-state index in [9.17, 15) is 18.8 Å². The number of H-pyrrole nitrogens is 1. The molecule has 3 aromatic rings. The number of nitrogen functional groups attached to an aromatic ring is 1. The number of carbonyl (C=O) groups is 1. The molecule has 0 spiro atoms. The van der Waals surface area contributed by atoms with Gasteiger partial charge in [0.05, 0.1) is 13.1 Å². The second-order valence-corrected chi connectivity index (χ2v) is 7.28. The van der Waals surface area contributed by atoms with Gasteiger partial charge in [0.15, 0.2) is 5.69 Å². The standard InChI is InChI=1S/C22H24FN5O3/c1-26(13-16-10-6-7-11-17(16)23)14-18(29)27(2)19-20(24)28(22(31)25-21(19)30)12-15-8-4-3-5-9-15/h3-11H,12-14,24H2,1-2H3,(H,25,30,31). The van der Waals surface area contributed by atoms with Crippen LogP contribution in [0.5, 0.6) is 0 Å². The monoisotopic (exact) mass is 425 g/mol. The molecule has 1 amide bonds. The van der Waals surface area contributed by atoms with Crippen molar-refractivity contribution >= 4 is 17.4 Å². The molecule has 162 valence electrons. The predicted molar refractivity (Wildman–Crippen MR) is 117 cm³/mol. The van der Waals surface area contributed by atoms with Gasteiger partial charge in [0.25, 0.3) is 5.56 Å². The Labute approximate surface area is 178 Å². The van der Waals surface area contributed by atoms with Crippen LogP contribution in [0.1, 0.15) is 11.1 Å². The molecule has 9 heteroatoms. The largest absolute Gasteiger partial charge is 0.383 e. The lowest BCUT2D eigenvalue weighted by Crippen LogP contribution is -2.42. The number of amides is 1. The van der Waals surface area contributed by atoms with Gasteiger partial charge >= 0.3 is 5.69 Å².